The summed E-state index contributed by atoms with van der Waals surface area (Å²) in [5.74, 6) is -2.03. The van der Waals surface area contributed by atoms with Crippen LogP contribution in [0.1, 0.15) is 28.8 Å². The quantitative estimate of drug-likeness (QED) is 0.227. The summed E-state index contributed by atoms with van der Waals surface area (Å²) < 4.78 is 83.4. The molecule has 5 rings (SSSR count). The van der Waals surface area contributed by atoms with Crippen molar-refractivity contribution in [3.05, 3.63) is 108 Å². The summed E-state index contributed by atoms with van der Waals surface area (Å²) >= 11 is 0. The summed E-state index contributed by atoms with van der Waals surface area (Å²) in [6.45, 7) is -2.29. The molecule has 1 aliphatic heterocycles. The van der Waals surface area contributed by atoms with Gasteiger partial charge in [0, 0.05) is 48.4 Å². The van der Waals surface area contributed by atoms with E-state index in [1.807, 2.05) is 15.7 Å². The summed E-state index contributed by atoms with van der Waals surface area (Å²) in [5.41, 5.74) is 1.93. The number of rotatable bonds is 11. The molecule has 13 heteroatoms. The normalized spacial score (nSPS) is 14.8. The highest BCUT2D eigenvalue weighted by atomic mass is 32.2. The number of halogens is 3. The zero-order valence-electron chi connectivity index (χ0n) is 22.5. The van der Waals surface area contributed by atoms with Gasteiger partial charge in [-0.2, -0.15) is 8.78 Å². The van der Waals surface area contributed by atoms with Crippen LogP contribution in [0.5, 0.6) is 11.5 Å². The molecule has 2 heterocycles. The molecule has 4 aromatic rings. The van der Waals surface area contributed by atoms with Crippen LogP contribution < -0.4 is 19.1 Å². The number of benzene rings is 3. The van der Waals surface area contributed by atoms with Gasteiger partial charge < -0.3 is 19.1 Å². The van der Waals surface area contributed by atoms with Crippen LogP contribution in [0.2, 0.25) is 0 Å². The van der Waals surface area contributed by atoms with E-state index in [2.05, 4.69) is 9.72 Å². The van der Waals surface area contributed by atoms with Crippen molar-refractivity contribution in [3.8, 4) is 11.5 Å². The SMILES string of the molecule is O=C(NS(=O)(=O)c1ccccc1F)c1ccc(N(Cc2cccnc2)c2ccc(OC(F)F)c(OC3CCCO3)c2)cc1. The number of hydrogen-bond donors (Lipinski definition) is 1. The van der Waals surface area contributed by atoms with Gasteiger partial charge in [-0.3, -0.25) is 9.78 Å². The molecule has 0 saturated carbocycles. The molecule has 1 amide bonds. The van der Waals surface area contributed by atoms with Gasteiger partial charge in [0.25, 0.3) is 15.9 Å². The molecule has 1 aliphatic rings. The average Bonchev–Trinajstić information content (AvgIpc) is 3.50. The van der Waals surface area contributed by atoms with Crippen molar-refractivity contribution in [3.63, 3.8) is 0 Å². The smallest absolute Gasteiger partial charge is 0.387 e. The molecular weight excluding hydrogens is 587 g/mol. The Labute approximate surface area is 245 Å². The van der Waals surface area contributed by atoms with Crippen molar-refractivity contribution in [2.24, 2.45) is 0 Å². The minimum absolute atomic E-state index is 0.00748. The van der Waals surface area contributed by atoms with Gasteiger partial charge in [0.2, 0.25) is 0 Å². The fourth-order valence-corrected chi connectivity index (χ4v) is 5.48. The Morgan fingerprint density at radius 3 is 2.47 bits per heavy atom. The highest BCUT2D eigenvalue weighted by Crippen LogP contribution is 2.38. The monoisotopic (exact) mass is 613 g/mol. The molecule has 0 spiro atoms. The Balaban J connectivity index is 1.44. The molecule has 0 bridgehead atoms. The number of hydrogen-bond acceptors (Lipinski definition) is 8. The Bertz CT molecular complexity index is 1670. The molecule has 3 aromatic carbocycles. The number of nitrogens with one attached hydrogen (secondary N) is 1. The Kier molecular flexibility index (Phi) is 9.12. The Morgan fingerprint density at radius 1 is 1.02 bits per heavy atom. The van der Waals surface area contributed by atoms with Crippen molar-refractivity contribution in [2.75, 3.05) is 11.5 Å². The number of carbonyl (C=O) groups is 1. The average molecular weight is 614 g/mol. The van der Waals surface area contributed by atoms with Crippen LogP contribution in [0.25, 0.3) is 0 Å². The molecule has 1 N–H and O–H groups in total. The molecular formula is C30H26F3N3O6S. The minimum Gasteiger partial charge on any atom is -0.461 e. The molecule has 1 unspecified atom stereocenters. The number of pyridine rings is 1. The standard InChI is InChI=1S/C30H26F3N3O6S/c31-24-6-1-2-7-27(24)43(38,39)35-29(37)21-9-11-22(12-10-21)36(19-20-5-3-15-34-18-20)23-13-14-25(42-30(32)33)26(17-23)41-28-8-4-16-40-28/h1-3,5-7,9-15,17-18,28,30H,4,8,16,19H2,(H,35,37). The van der Waals surface area contributed by atoms with Crippen molar-refractivity contribution >= 4 is 27.3 Å². The lowest BCUT2D eigenvalue weighted by Gasteiger charge is -2.27. The number of amides is 1. The second-order valence-electron chi connectivity index (χ2n) is 9.43. The zero-order valence-corrected chi connectivity index (χ0v) is 23.3. The second-order valence-corrected chi connectivity index (χ2v) is 11.1. The topological polar surface area (TPSA) is 107 Å². The molecule has 1 atom stereocenters. The van der Waals surface area contributed by atoms with E-state index in [0.717, 1.165) is 24.1 Å². The summed E-state index contributed by atoms with van der Waals surface area (Å²) in [5, 5.41) is 0. The van der Waals surface area contributed by atoms with Gasteiger partial charge in [-0.05, 0) is 66.6 Å². The van der Waals surface area contributed by atoms with Gasteiger partial charge in [0.1, 0.15) is 10.7 Å². The van der Waals surface area contributed by atoms with Crippen LogP contribution >= 0.6 is 0 Å². The first-order chi connectivity index (χ1) is 20.7. The highest BCUT2D eigenvalue weighted by molar-refractivity contribution is 7.90. The fourth-order valence-electron chi connectivity index (χ4n) is 4.43. The highest BCUT2D eigenvalue weighted by Gasteiger charge is 2.24. The summed E-state index contributed by atoms with van der Waals surface area (Å²) in [4.78, 5) is 18.1. The van der Waals surface area contributed by atoms with E-state index in [4.69, 9.17) is 9.47 Å². The van der Waals surface area contributed by atoms with Crippen LogP contribution in [0.15, 0.2) is 96.2 Å². The molecule has 1 fully saturated rings. The molecule has 0 radical (unpaired) electrons. The Hall–Kier alpha value is -4.62. The molecule has 9 nitrogen and oxygen atoms in total. The summed E-state index contributed by atoms with van der Waals surface area (Å²) in [6, 6.07) is 18.8. The van der Waals surface area contributed by atoms with Gasteiger partial charge in [-0.25, -0.2) is 17.5 Å². The third-order valence-corrected chi connectivity index (χ3v) is 7.82. The lowest BCUT2D eigenvalue weighted by Crippen LogP contribution is -2.31. The van der Waals surface area contributed by atoms with E-state index >= 15 is 0 Å². The van der Waals surface area contributed by atoms with Crippen molar-refractivity contribution < 1.29 is 40.6 Å². The van der Waals surface area contributed by atoms with Gasteiger partial charge >= 0.3 is 6.61 Å². The second kappa shape index (κ2) is 13.1. The lowest BCUT2D eigenvalue weighted by molar-refractivity contribution is -0.0632. The fraction of sp³-hybridized carbons (Fsp3) is 0.200. The van der Waals surface area contributed by atoms with Crippen LogP contribution in [-0.2, 0) is 21.3 Å². The Morgan fingerprint density at radius 2 is 1.79 bits per heavy atom. The van der Waals surface area contributed by atoms with Gasteiger partial charge in [-0.15, -0.1) is 0 Å². The first kappa shape index (κ1) is 29.9. The van der Waals surface area contributed by atoms with Gasteiger partial charge in [0.05, 0.1) is 6.61 Å². The number of sulfonamides is 1. The molecule has 0 aliphatic carbocycles. The number of ether oxygens (including phenoxy) is 3. The van der Waals surface area contributed by atoms with Crippen LogP contribution in [0.4, 0.5) is 24.5 Å². The van der Waals surface area contributed by atoms with E-state index in [0.29, 0.717) is 24.4 Å². The molecule has 1 saturated heterocycles. The van der Waals surface area contributed by atoms with Crippen molar-refractivity contribution in [1.29, 1.82) is 0 Å². The maximum atomic E-state index is 14.0. The van der Waals surface area contributed by atoms with Crippen molar-refractivity contribution in [2.45, 2.75) is 37.2 Å². The van der Waals surface area contributed by atoms with E-state index in [1.165, 1.54) is 30.3 Å². The maximum absolute atomic E-state index is 14.0. The maximum Gasteiger partial charge on any atom is 0.387 e. The number of carbonyl (C=O) groups excluding carboxylic acids is 1. The van der Waals surface area contributed by atoms with Crippen molar-refractivity contribution in [1.82, 2.24) is 9.71 Å². The van der Waals surface area contributed by atoms with E-state index < -0.39 is 39.5 Å². The van der Waals surface area contributed by atoms with Gasteiger partial charge in [-0.1, -0.05) is 18.2 Å². The largest absolute Gasteiger partial charge is 0.461 e. The number of nitrogens with zero attached hydrogens (tertiary/aromatic N) is 2. The third-order valence-electron chi connectivity index (χ3n) is 6.46. The molecule has 1 aromatic heterocycles. The first-order valence-corrected chi connectivity index (χ1v) is 14.6. The van der Waals surface area contributed by atoms with E-state index in [1.54, 1.807) is 42.7 Å². The first-order valence-electron chi connectivity index (χ1n) is 13.1. The number of anilines is 2. The van der Waals surface area contributed by atoms with E-state index in [9.17, 15) is 26.4 Å². The van der Waals surface area contributed by atoms with Crippen LogP contribution in [-0.4, -0.2) is 38.8 Å². The molecule has 224 valence electrons. The van der Waals surface area contributed by atoms with Gasteiger partial charge in [0.15, 0.2) is 17.8 Å². The number of aromatic nitrogens is 1. The third kappa shape index (κ3) is 7.43. The number of alkyl halides is 2. The predicted octanol–water partition coefficient (Wildman–Crippen LogP) is 5.79. The molecule has 43 heavy (non-hydrogen) atoms. The lowest BCUT2D eigenvalue weighted by atomic mass is 10.1. The van der Waals surface area contributed by atoms with Crippen LogP contribution in [0, 0.1) is 5.82 Å². The zero-order chi connectivity index (χ0) is 30.4. The minimum atomic E-state index is -4.46. The van der Waals surface area contributed by atoms with Crippen LogP contribution in [0.3, 0.4) is 0 Å². The summed E-state index contributed by atoms with van der Waals surface area (Å²) in [7, 11) is -4.46. The summed E-state index contributed by atoms with van der Waals surface area (Å²) in [6.07, 6.45) is 4.04. The van der Waals surface area contributed by atoms with E-state index in [-0.39, 0.29) is 23.6 Å². The predicted molar refractivity (Wildman–Crippen MR) is 150 cm³/mol.